The first-order valence-electron chi connectivity index (χ1n) is 32.1. The Balaban J connectivity index is 0.903. The van der Waals surface area contributed by atoms with Crippen LogP contribution in [-0.4, -0.2) is 123 Å². The second kappa shape index (κ2) is 30.2. The van der Waals surface area contributed by atoms with Crippen molar-refractivity contribution < 1.29 is 148 Å². The fraction of sp³-hybridized carbons (Fsp3) is 0.484. The van der Waals surface area contributed by atoms with Gasteiger partial charge in [-0.15, -0.1) is 0 Å². The second-order valence-electron chi connectivity index (χ2n) is 26.6. The predicted molar refractivity (Wildman–Crippen MR) is 365 cm³/mol. The molecule has 2 heterocycles. The van der Waals surface area contributed by atoms with Crippen molar-refractivity contribution in [3.05, 3.63) is 92.8 Å². The topological polar surface area (TPSA) is 543 Å². The highest BCUT2D eigenvalue weighted by molar-refractivity contribution is 7.82. The van der Waals surface area contributed by atoms with Crippen molar-refractivity contribution in [3.8, 4) is 80.1 Å². The van der Waals surface area contributed by atoms with E-state index in [1.165, 1.54) is 44.1 Å². The Bertz CT molecular complexity index is 5370. The zero-order valence-corrected chi connectivity index (χ0v) is 61.7. The van der Waals surface area contributed by atoms with Gasteiger partial charge in [0.25, 0.3) is 0 Å². The van der Waals surface area contributed by atoms with E-state index in [0.717, 1.165) is 43.9 Å². The Labute approximate surface area is 602 Å². The van der Waals surface area contributed by atoms with Crippen LogP contribution in [0.5, 0.6) is 57.5 Å². The average molecular weight is 1620 g/mol. The molecule has 7 N–H and O–H groups in total. The van der Waals surface area contributed by atoms with Crippen LogP contribution >= 0.6 is 0 Å². The van der Waals surface area contributed by atoms with E-state index < -0.39 is 205 Å². The molecule has 10 rings (SSSR count). The normalized spacial score (nSPS) is 21.9. The molecule has 0 unspecified atom stereocenters. The van der Waals surface area contributed by atoms with Crippen LogP contribution in [0.15, 0.2) is 90.7 Å². The summed E-state index contributed by atoms with van der Waals surface area (Å²) < 4.78 is 303. The number of hydrogen-bond acceptors (Lipinski definition) is 29. The summed E-state index contributed by atoms with van der Waals surface area (Å²) in [4.78, 5) is 28.9. The van der Waals surface area contributed by atoms with Crippen molar-refractivity contribution in [3.63, 3.8) is 0 Å². The van der Waals surface area contributed by atoms with Gasteiger partial charge < -0.3 is 57.1 Å². The highest BCUT2D eigenvalue weighted by atomic mass is 32.3. The van der Waals surface area contributed by atoms with Crippen LogP contribution in [0.2, 0.25) is 0 Å². The largest absolute Gasteiger partial charge is 0.492 e. The monoisotopic (exact) mass is 1620 g/mol. The van der Waals surface area contributed by atoms with E-state index >= 15 is 0 Å². The van der Waals surface area contributed by atoms with E-state index in [1.54, 1.807) is 0 Å². The summed E-state index contributed by atoms with van der Waals surface area (Å²) in [6, 6.07) is 6.76. The summed E-state index contributed by atoms with van der Waals surface area (Å²) in [5, 5.41) is -1.75. The number of hydrogen-bond donors (Lipinski definition) is 7. The molecule has 4 aliphatic rings. The van der Waals surface area contributed by atoms with Crippen LogP contribution in [0.4, 0.5) is 0 Å². The minimum Gasteiger partial charge on any atom is -0.492 e. The molecule has 2 aromatic heterocycles. The van der Waals surface area contributed by atoms with Gasteiger partial charge in [0.05, 0.1) is 25.9 Å². The minimum absolute atomic E-state index is 0.00655. The van der Waals surface area contributed by atoms with Crippen LogP contribution in [0.3, 0.4) is 0 Å². The van der Waals surface area contributed by atoms with E-state index in [-0.39, 0.29) is 24.7 Å². The molecule has 36 nitrogen and oxygen atoms in total. The molecule has 3 fully saturated rings. The quantitative estimate of drug-likeness (QED) is 0.0117. The standard InChI is InChI=1S/C62H72O36S7/c1-33(2)8-6-9-34(3)42-14-15-43-41-13-12-37-28-38(18-20-61(37,4)44(41)19-21-62(42,43)5)86-24-25-89-47-26-35(10-16-45(47)94-101(71,72)73)57-59(97-104(80,81)82)55(63)53-49(29-39(31-51(53)90-57)92-99(65,66)67)87-22-7-23-88-50-30-40(93-100(68,69)70)32-52-54(50)56(64)60(98-105(83,84)85)58(91-52)36-11-17-46(95-102(74,75)76)48(27-36)96-103(77,78)79/h10-12,16-17,26-27,29-34,38,41-44H,6-9,13-15,18-25,28H2,1-5H3,(H,65,66,67)(H,68,69,70)(H,71,72,73)(H,74,75,76)(H,77,78,79)(H,80,81,82)(H,83,84,85)/t34-,38+,41+,42-,43+,44+,61+,62-/m1/s1. The Morgan fingerprint density at radius 2 is 0.943 bits per heavy atom. The Kier molecular flexibility index (Phi) is 23.0. The van der Waals surface area contributed by atoms with Gasteiger partial charge in [0.2, 0.25) is 22.4 Å². The third kappa shape index (κ3) is 19.8. The van der Waals surface area contributed by atoms with E-state index in [4.69, 9.17) is 36.1 Å². The summed E-state index contributed by atoms with van der Waals surface area (Å²) in [6.45, 7) is 10.0. The SMILES string of the molecule is CC(C)CCC[C@@H](C)[C@H]1CC[C@H]2[C@@H]3CC=C4C[C@@H](OCCOc5cc(-c6oc7cc(OS(=O)(=O)O)cc(OCCCOc8cc(OS(=O)(=O)O)cc9oc(-c%10ccc(OS(=O)(=O)O)c(OS(=O)(=O)O)c%10)c(OS(=O)(=O)O)c(=O)c89)c7c(=O)c6OS(=O)(=O)O)ccc5OS(=O)(=O)O)CC[C@]4(C)[C@H]3CC[C@]12C. The zero-order valence-electron chi connectivity index (χ0n) is 56.0. The molecule has 6 aromatic rings. The number of ether oxygens (including phenoxy) is 4. The predicted octanol–water partition coefficient (Wildman–Crippen LogP) is 9.16. The molecule has 43 heteroatoms. The first-order chi connectivity index (χ1) is 48.6. The summed E-state index contributed by atoms with van der Waals surface area (Å²) in [5.41, 5.74) is -4.39. The molecule has 4 aliphatic carbocycles. The fourth-order valence-electron chi connectivity index (χ4n) is 15.3. The first kappa shape index (κ1) is 79.9. The van der Waals surface area contributed by atoms with Gasteiger partial charge in [-0.2, -0.15) is 58.9 Å². The van der Waals surface area contributed by atoms with Crippen LogP contribution in [0.1, 0.15) is 112 Å². The summed E-state index contributed by atoms with van der Waals surface area (Å²) in [7, 11) is -38.8. The van der Waals surface area contributed by atoms with E-state index in [1.807, 2.05) is 0 Å². The lowest BCUT2D eigenvalue weighted by molar-refractivity contribution is -0.0653. The summed E-state index contributed by atoms with van der Waals surface area (Å²) >= 11 is 0. The Morgan fingerprint density at radius 3 is 1.43 bits per heavy atom. The molecule has 0 bridgehead atoms. The van der Waals surface area contributed by atoms with Gasteiger partial charge in [0.1, 0.15) is 40.0 Å². The van der Waals surface area contributed by atoms with Gasteiger partial charge in [-0.05, 0) is 134 Å². The fourth-order valence-corrected chi connectivity index (χ4v) is 17.8. The molecule has 0 aliphatic heterocycles. The lowest BCUT2D eigenvalue weighted by Crippen LogP contribution is -2.51. The van der Waals surface area contributed by atoms with Crippen molar-refractivity contribution in [1.82, 2.24) is 0 Å². The number of allylic oxidation sites excluding steroid dienone is 1. The van der Waals surface area contributed by atoms with Crippen LogP contribution in [-0.2, 0) is 77.5 Å². The lowest BCUT2D eigenvalue weighted by atomic mass is 9.47. The lowest BCUT2D eigenvalue weighted by Gasteiger charge is -2.58. The average Bonchev–Trinajstić information content (AvgIpc) is 1.69. The smallest absolute Gasteiger partial charge is 0.446 e. The number of benzene rings is 4. The molecule has 0 amide bonds. The van der Waals surface area contributed by atoms with E-state index in [9.17, 15) is 100 Å². The highest BCUT2D eigenvalue weighted by Crippen LogP contribution is 2.67. The Morgan fingerprint density at radius 1 is 0.476 bits per heavy atom. The molecular formula is C62H72O36S7. The molecule has 3 saturated carbocycles. The molecule has 578 valence electrons. The maximum Gasteiger partial charge on any atom is 0.446 e. The van der Waals surface area contributed by atoms with Gasteiger partial charge in [-0.25, -0.2) is 0 Å². The van der Waals surface area contributed by atoms with E-state index in [0.29, 0.717) is 89.8 Å². The third-order valence-corrected chi connectivity index (χ3v) is 22.0. The third-order valence-electron chi connectivity index (χ3n) is 19.3. The molecule has 0 saturated heterocycles. The Hall–Kier alpha value is -7.63. The minimum atomic E-state index is -5.79. The van der Waals surface area contributed by atoms with Gasteiger partial charge in [0, 0.05) is 41.8 Å². The zero-order chi connectivity index (χ0) is 77.0. The van der Waals surface area contributed by atoms with Gasteiger partial charge in [0.15, 0.2) is 46.0 Å². The van der Waals surface area contributed by atoms with Crippen molar-refractivity contribution in [2.75, 3.05) is 26.4 Å². The van der Waals surface area contributed by atoms with Crippen LogP contribution in [0.25, 0.3) is 44.6 Å². The van der Waals surface area contributed by atoms with Crippen molar-refractivity contribution in [2.24, 2.45) is 46.3 Å². The molecule has 4 aromatic carbocycles. The molecule has 105 heavy (non-hydrogen) atoms. The first-order valence-corrected chi connectivity index (χ1v) is 41.6. The molecule has 0 radical (unpaired) electrons. The van der Waals surface area contributed by atoms with Crippen LogP contribution < -0.4 is 54.3 Å². The van der Waals surface area contributed by atoms with Gasteiger partial charge >= 0.3 is 72.8 Å². The maximum absolute atomic E-state index is 14.6. The molecular weight excluding hydrogens is 1550 g/mol. The second-order valence-corrected chi connectivity index (χ2v) is 33.7. The summed E-state index contributed by atoms with van der Waals surface area (Å²) in [6.07, 6.45) is 13.6. The maximum atomic E-state index is 14.6. The van der Waals surface area contributed by atoms with Gasteiger partial charge in [-0.3, -0.25) is 41.5 Å². The number of fused-ring (bicyclic) bond motifs is 7. The number of rotatable bonds is 32. The molecule has 8 atom stereocenters. The van der Waals surface area contributed by atoms with Crippen molar-refractivity contribution >= 4 is 94.7 Å². The summed E-state index contributed by atoms with van der Waals surface area (Å²) in [5.74, 6) is -8.25. The van der Waals surface area contributed by atoms with Crippen molar-refractivity contribution in [1.29, 1.82) is 0 Å². The van der Waals surface area contributed by atoms with E-state index in [2.05, 4.69) is 61.6 Å². The van der Waals surface area contributed by atoms with Crippen molar-refractivity contribution in [2.45, 2.75) is 118 Å². The van der Waals surface area contributed by atoms with Gasteiger partial charge in [-0.1, -0.05) is 65.5 Å². The molecule has 0 spiro atoms. The van der Waals surface area contributed by atoms with Crippen LogP contribution in [0, 0.1) is 46.3 Å². The highest BCUT2D eigenvalue weighted by Gasteiger charge is 2.59.